The van der Waals surface area contributed by atoms with Gasteiger partial charge in [0.1, 0.15) is 11.5 Å². The second-order valence-electron chi connectivity index (χ2n) is 6.42. The number of aromatic nitrogens is 2. The molecule has 2 aromatic rings. The highest BCUT2D eigenvalue weighted by atomic mass is 19.1. The molecular formula is C18H23FN4O. The van der Waals surface area contributed by atoms with E-state index in [0.717, 1.165) is 37.2 Å². The molecule has 1 aliphatic heterocycles. The number of hydrogen-bond acceptors (Lipinski definition) is 3. The zero-order valence-electron chi connectivity index (χ0n) is 13.9. The van der Waals surface area contributed by atoms with Crippen LogP contribution in [0.15, 0.2) is 30.6 Å². The van der Waals surface area contributed by atoms with Crippen LogP contribution in [0.1, 0.15) is 34.6 Å². The summed E-state index contributed by atoms with van der Waals surface area (Å²) in [7, 11) is 0. The Morgan fingerprint density at radius 2 is 2.29 bits per heavy atom. The molecule has 0 bridgehead atoms. The van der Waals surface area contributed by atoms with Crippen LogP contribution in [0.25, 0.3) is 0 Å². The van der Waals surface area contributed by atoms with E-state index in [2.05, 4.69) is 20.2 Å². The summed E-state index contributed by atoms with van der Waals surface area (Å²) in [5.74, 6) is 0.0932. The third-order valence-electron chi connectivity index (χ3n) is 4.55. The molecule has 0 aliphatic carbocycles. The van der Waals surface area contributed by atoms with E-state index in [9.17, 15) is 9.18 Å². The Balaban J connectivity index is 1.51. The Hall–Kier alpha value is -2.21. The summed E-state index contributed by atoms with van der Waals surface area (Å²) in [5.41, 5.74) is 1.96. The van der Waals surface area contributed by atoms with Gasteiger partial charge >= 0.3 is 0 Å². The molecule has 1 aromatic heterocycles. The molecule has 1 fully saturated rings. The Morgan fingerprint density at radius 1 is 1.46 bits per heavy atom. The molecule has 1 amide bonds. The maximum atomic E-state index is 13.8. The molecule has 24 heavy (non-hydrogen) atoms. The van der Waals surface area contributed by atoms with Crippen LogP contribution in [0, 0.1) is 18.7 Å². The average Bonchev–Trinajstić information content (AvgIpc) is 3.01. The first-order valence-corrected chi connectivity index (χ1v) is 8.37. The van der Waals surface area contributed by atoms with Gasteiger partial charge in [-0.2, -0.15) is 0 Å². The Bertz CT molecular complexity index is 700. The summed E-state index contributed by atoms with van der Waals surface area (Å²) >= 11 is 0. The highest BCUT2D eigenvalue weighted by Crippen LogP contribution is 2.19. The quantitative estimate of drug-likeness (QED) is 0.885. The normalized spacial score (nSPS) is 18.5. The standard InChI is InChI=1S/C18H23FN4O/c1-13-17(22-12-21-13)18(24)20-9-14-5-4-8-23(10-14)11-15-6-2-3-7-16(15)19/h2-3,6-7,12,14H,4-5,8-11H2,1H3,(H,20,24)(H,21,22)/t14-/m1/s1. The van der Waals surface area contributed by atoms with Crippen molar-refractivity contribution in [3.05, 3.63) is 53.4 Å². The number of likely N-dealkylation sites (tertiary alicyclic amines) is 1. The van der Waals surface area contributed by atoms with Crippen molar-refractivity contribution in [2.75, 3.05) is 19.6 Å². The minimum atomic E-state index is -0.151. The van der Waals surface area contributed by atoms with Crippen molar-refractivity contribution < 1.29 is 9.18 Å². The predicted octanol–water partition coefficient (Wildman–Crippen LogP) is 2.50. The first-order valence-electron chi connectivity index (χ1n) is 8.37. The lowest BCUT2D eigenvalue weighted by atomic mass is 9.97. The topological polar surface area (TPSA) is 61.0 Å². The van der Waals surface area contributed by atoms with E-state index in [1.54, 1.807) is 6.07 Å². The van der Waals surface area contributed by atoms with E-state index >= 15 is 0 Å². The van der Waals surface area contributed by atoms with Gasteiger partial charge < -0.3 is 10.3 Å². The number of carbonyl (C=O) groups is 1. The van der Waals surface area contributed by atoms with Gasteiger partial charge in [0, 0.05) is 30.9 Å². The molecule has 128 valence electrons. The van der Waals surface area contributed by atoms with E-state index in [0.29, 0.717) is 24.7 Å². The molecule has 6 heteroatoms. The van der Waals surface area contributed by atoms with Gasteiger partial charge in [-0.3, -0.25) is 9.69 Å². The summed E-state index contributed by atoms with van der Waals surface area (Å²) in [6, 6.07) is 6.92. The lowest BCUT2D eigenvalue weighted by Gasteiger charge is -2.32. The minimum Gasteiger partial charge on any atom is -0.350 e. The zero-order chi connectivity index (χ0) is 16.9. The van der Waals surface area contributed by atoms with Crippen molar-refractivity contribution in [3.8, 4) is 0 Å². The fraction of sp³-hybridized carbons (Fsp3) is 0.444. The summed E-state index contributed by atoms with van der Waals surface area (Å²) in [5, 5.41) is 2.97. The van der Waals surface area contributed by atoms with Crippen LogP contribution in [0.2, 0.25) is 0 Å². The number of carbonyl (C=O) groups excluding carboxylic acids is 1. The van der Waals surface area contributed by atoms with E-state index in [4.69, 9.17) is 0 Å². The number of hydrogen-bond donors (Lipinski definition) is 2. The third kappa shape index (κ3) is 4.00. The molecule has 0 unspecified atom stereocenters. The van der Waals surface area contributed by atoms with Gasteiger partial charge in [-0.05, 0) is 38.3 Å². The first-order chi connectivity index (χ1) is 11.6. The number of rotatable bonds is 5. The Kier molecular flexibility index (Phi) is 5.25. The van der Waals surface area contributed by atoms with Crippen LogP contribution in [0.4, 0.5) is 4.39 Å². The maximum absolute atomic E-state index is 13.8. The molecule has 1 aliphatic rings. The monoisotopic (exact) mass is 330 g/mol. The summed E-state index contributed by atoms with van der Waals surface area (Å²) < 4.78 is 13.8. The summed E-state index contributed by atoms with van der Waals surface area (Å²) in [6.07, 6.45) is 3.67. The fourth-order valence-corrected chi connectivity index (χ4v) is 3.24. The first kappa shape index (κ1) is 16.6. The number of aryl methyl sites for hydroxylation is 1. The van der Waals surface area contributed by atoms with Crippen LogP contribution in [0.3, 0.4) is 0 Å². The maximum Gasteiger partial charge on any atom is 0.271 e. The SMILES string of the molecule is Cc1[nH]cnc1C(=O)NC[C@H]1CCCN(Cc2ccccc2F)C1. The van der Waals surface area contributed by atoms with Crippen LogP contribution >= 0.6 is 0 Å². The van der Waals surface area contributed by atoms with Gasteiger partial charge in [-0.15, -0.1) is 0 Å². The number of benzene rings is 1. The highest BCUT2D eigenvalue weighted by molar-refractivity contribution is 5.93. The van der Waals surface area contributed by atoms with Crippen LogP contribution in [-0.2, 0) is 6.54 Å². The molecule has 1 aromatic carbocycles. The lowest BCUT2D eigenvalue weighted by Crippen LogP contribution is -2.40. The van der Waals surface area contributed by atoms with Gasteiger partial charge in [-0.25, -0.2) is 9.37 Å². The number of imidazole rings is 1. The van der Waals surface area contributed by atoms with Crippen molar-refractivity contribution >= 4 is 5.91 Å². The molecular weight excluding hydrogens is 307 g/mol. The molecule has 1 saturated heterocycles. The van der Waals surface area contributed by atoms with Crippen molar-refractivity contribution in [2.24, 2.45) is 5.92 Å². The van der Waals surface area contributed by atoms with E-state index < -0.39 is 0 Å². The van der Waals surface area contributed by atoms with Crippen LogP contribution < -0.4 is 5.32 Å². The molecule has 2 N–H and O–H groups in total. The molecule has 1 atom stereocenters. The van der Waals surface area contributed by atoms with Crippen LogP contribution in [0.5, 0.6) is 0 Å². The number of amides is 1. The molecule has 0 spiro atoms. The number of H-pyrrole nitrogens is 1. The Labute approximate surface area is 141 Å². The molecule has 2 heterocycles. The van der Waals surface area contributed by atoms with E-state index in [-0.39, 0.29) is 11.7 Å². The van der Waals surface area contributed by atoms with Gasteiger partial charge in [0.25, 0.3) is 5.91 Å². The number of nitrogens with one attached hydrogen (secondary N) is 2. The van der Waals surface area contributed by atoms with Gasteiger partial charge in [0.2, 0.25) is 0 Å². The summed E-state index contributed by atoms with van der Waals surface area (Å²) in [4.78, 5) is 21.3. The zero-order valence-corrected chi connectivity index (χ0v) is 13.9. The number of nitrogens with zero attached hydrogens (tertiary/aromatic N) is 2. The van der Waals surface area contributed by atoms with Crippen molar-refractivity contribution in [2.45, 2.75) is 26.3 Å². The van der Waals surface area contributed by atoms with Crippen molar-refractivity contribution in [1.82, 2.24) is 20.2 Å². The van der Waals surface area contributed by atoms with Crippen molar-refractivity contribution in [3.63, 3.8) is 0 Å². The van der Waals surface area contributed by atoms with Gasteiger partial charge in [0.05, 0.1) is 6.33 Å². The van der Waals surface area contributed by atoms with Gasteiger partial charge in [0.15, 0.2) is 0 Å². The molecule has 5 nitrogen and oxygen atoms in total. The Morgan fingerprint density at radius 3 is 3.04 bits per heavy atom. The largest absolute Gasteiger partial charge is 0.350 e. The number of halogens is 1. The predicted molar refractivity (Wildman–Crippen MR) is 90.1 cm³/mol. The lowest BCUT2D eigenvalue weighted by molar-refractivity contribution is 0.0925. The van der Waals surface area contributed by atoms with Gasteiger partial charge in [-0.1, -0.05) is 18.2 Å². The second-order valence-corrected chi connectivity index (χ2v) is 6.42. The smallest absolute Gasteiger partial charge is 0.271 e. The molecule has 3 rings (SSSR count). The average molecular weight is 330 g/mol. The number of aromatic amines is 1. The highest BCUT2D eigenvalue weighted by Gasteiger charge is 2.22. The molecule has 0 saturated carbocycles. The van der Waals surface area contributed by atoms with E-state index in [1.807, 2.05) is 19.1 Å². The van der Waals surface area contributed by atoms with Crippen molar-refractivity contribution in [1.29, 1.82) is 0 Å². The minimum absolute atomic E-state index is 0.139. The summed E-state index contributed by atoms with van der Waals surface area (Å²) in [6.45, 7) is 4.92. The van der Waals surface area contributed by atoms with E-state index in [1.165, 1.54) is 12.4 Å². The van der Waals surface area contributed by atoms with Crippen LogP contribution in [-0.4, -0.2) is 40.4 Å². The second kappa shape index (κ2) is 7.57. The molecule has 0 radical (unpaired) electrons. The fourth-order valence-electron chi connectivity index (χ4n) is 3.24. The number of piperidine rings is 1. The third-order valence-corrected chi connectivity index (χ3v) is 4.55.